The third-order valence-electron chi connectivity index (χ3n) is 7.81. The second-order valence-corrected chi connectivity index (χ2v) is 9.98. The third-order valence-corrected chi connectivity index (χ3v) is 7.81. The number of hydrogen-bond donors (Lipinski definition) is 1. The number of nitrogens with one attached hydrogen (secondary N) is 1. The minimum absolute atomic E-state index is 0.00408. The van der Waals surface area contributed by atoms with Crippen molar-refractivity contribution < 1.29 is 14.3 Å². The van der Waals surface area contributed by atoms with E-state index in [1.54, 1.807) is 6.08 Å². The van der Waals surface area contributed by atoms with Gasteiger partial charge in [0.1, 0.15) is 0 Å². The molecule has 1 atom stereocenters. The number of carbonyl (C=O) groups is 1. The predicted octanol–water partition coefficient (Wildman–Crippen LogP) is 5.68. The van der Waals surface area contributed by atoms with E-state index in [9.17, 15) is 4.79 Å². The molecule has 3 aromatic carbocycles. The average molecular weight is 492 g/mol. The summed E-state index contributed by atoms with van der Waals surface area (Å²) in [6.07, 6.45) is 6.96. The molecule has 1 amide bonds. The van der Waals surface area contributed by atoms with E-state index in [1.807, 2.05) is 35.2 Å². The van der Waals surface area contributed by atoms with Gasteiger partial charge >= 0.3 is 0 Å². The molecule has 0 spiro atoms. The van der Waals surface area contributed by atoms with Gasteiger partial charge in [0.2, 0.25) is 12.7 Å². The second-order valence-electron chi connectivity index (χ2n) is 9.98. The molecule has 6 heteroatoms. The highest BCUT2D eigenvalue weighted by atomic mass is 16.7. The quantitative estimate of drug-likeness (QED) is 0.373. The number of fused-ring (bicyclic) bond motifs is 4. The Bertz CT molecular complexity index is 1500. The van der Waals surface area contributed by atoms with E-state index in [1.165, 1.54) is 29.5 Å². The molecule has 0 aliphatic carbocycles. The summed E-state index contributed by atoms with van der Waals surface area (Å²) in [7, 11) is 0. The van der Waals surface area contributed by atoms with E-state index in [4.69, 9.17) is 9.47 Å². The minimum Gasteiger partial charge on any atom is -0.454 e. The van der Waals surface area contributed by atoms with Crippen molar-refractivity contribution in [3.63, 3.8) is 0 Å². The molecule has 4 aromatic rings. The number of carbonyl (C=O) groups excluding carboxylic acids is 1. The van der Waals surface area contributed by atoms with Gasteiger partial charge in [0.05, 0.1) is 6.04 Å². The second kappa shape index (κ2) is 9.04. The Morgan fingerprint density at radius 1 is 0.919 bits per heavy atom. The lowest BCUT2D eigenvalue weighted by molar-refractivity contribution is -0.128. The number of H-pyrrole nitrogens is 1. The lowest BCUT2D eigenvalue weighted by atomic mass is 9.92. The molecular weight excluding hydrogens is 462 g/mol. The van der Waals surface area contributed by atoms with Gasteiger partial charge in [0.25, 0.3) is 0 Å². The van der Waals surface area contributed by atoms with Crippen LogP contribution in [0, 0.1) is 0 Å². The number of benzene rings is 3. The van der Waals surface area contributed by atoms with E-state index in [2.05, 4.69) is 52.3 Å². The molecule has 0 bridgehead atoms. The summed E-state index contributed by atoms with van der Waals surface area (Å²) >= 11 is 0. The van der Waals surface area contributed by atoms with E-state index < -0.39 is 0 Å². The maximum Gasteiger partial charge on any atom is 0.247 e. The lowest BCUT2D eigenvalue weighted by Crippen LogP contribution is -2.39. The van der Waals surface area contributed by atoms with Crippen molar-refractivity contribution in [2.75, 3.05) is 31.3 Å². The molecule has 7 rings (SSSR count). The van der Waals surface area contributed by atoms with Crippen LogP contribution in [0.4, 0.5) is 5.69 Å². The molecule has 1 unspecified atom stereocenters. The van der Waals surface area contributed by atoms with Crippen LogP contribution in [0.15, 0.2) is 72.8 Å². The first-order chi connectivity index (χ1) is 18.2. The molecule has 1 fully saturated rings. The number of anilines is 1. The molecule has 4 heterocycles. The van der Waals surface area contributed by atoms with Gasteiger partial charge in [-0.15, -0.1) is 0 Å². The largest absolute Gasteiger partial charge is 0.454 e. The Morgan fingerprint density at radius 3 is 2.59 bits per heavy atom. The summed E-state index contributed by atoms with van der Waals surface area (Å²) in [5, 5.41) is 1.23. The van der Waals surface area contributed by atoms with Crippen LogP contribution in [0.1, 0.15) is 41.3 Å². The Morgan fingerprint density at radius 2 is 1.73 bits per heavy atom. The van der Waals surface area contributed by atoms with E-state index in [0.717, 1.165) is 53.3 Å². The fraction of sp³-hybridized carbons (Fsp3) is 0.258. The number of rotatable bonds is 4. The normalized spacial score (nSPS) is 18.6. The van der Waals surface area contributed by atoms with Crippen molar-refractivity contribution in [2.45, 2.75) is 25.3 Å². The van der Waals surface area contributed by atoms with Crippen LogP contribution < -0.4 is 14.4 Å². The first-order valence-corrected chi connectivity index (χ1v) is 13.1. The number of aromatic amines is 1. The highest BCUT2D eigenvalue weighted by Gasteiger charge is 2.34. The van der Waals surface area contributed by atoms with Crippen LogP contribution in [0.3, 0.4) is 0 Å². The van der Waals surface area contributed by atoms with Gasteiger partial charge in [0.15, 0.2) is 11.5 Å². The van der Waals surface area contributed by atoms with Crippen LogP contribution in [0.2, 0.25) is 0 Å². The van der Waals surface area contributed by atoms with Gasteiger partial charge < -0.3 is 24.3 Å². The molecule has 0 radical (unpaired) electrons. The third kappa shape index (κ3) is 3.93. The highest BCUT2D eigenvalue weighted by molar-refractivity contribution is 5.93. The Kier molecular flexibility index (Phi) is 5.38. The first-order valence-electron chi connectivity index (χ1n) is 13.1. The summed E-state index contributed by atoms with van der Waals surface area (Å²) < 4.78 is 11.2. The summed E-state index contributed by atoms with van der Waals surface area (Å²) in [6, 6.07) is 22.6. The van der Waals surface area contributed by atoms with Gasteiger partial charge in [-0.3, -0.25) is 4.79 Å². The van der Waals surface area contributed by atoms with Crippen LogP contribution in [0.25, 0.3) is 17.0 Å². The fourth-order valence-electron chi connectivity index (χ4n) is 5.94. The summed E-state index contributed by atoms with van der Waals surface area (Å²) in [5.41, 5.74) is 6.74. The van der Waals surface area contributed by atoms with Crippen molar-refractivity contribution in [1.82, 2.24) is 9.88 Å². The topological polar surface area (TPSA) is 57.8 Å². The number of ether oxygens (including phenoxy) is 2. The van der Waals surface area contributed by atoms with Crippen molar-refractivity contribution in [1.29, 1.82) is 0 Å². The maximum absolute atomic E-state index is 13.7. The number of aromatic nitrogens is 1. The summed E-state index contributed by atoms with van der Waals surface area (Å²) in [6.45, 7) is 3.12. The number of nitrogens with zero attached hydrogens (tertiary/aromatic N) is 2. The van der Waals surface area contributed by atoms with E-state index >= 15 is 0 Å². The number of amides is 1. The molecule has 1 saturated heterocycles. The van der Waals surface area contributed by atoms with Crippen LogP contribution in [-0.2, 0) is 11.2 Å². The van der Waals surface area contributed by atoms with Crippen LogP contribution >= 0.6 is 0 Å². The lowest BCUT2D eigenvalue weighted by Gasteiger charge is -2.35. The first kappa shape index (κ1) is 22.0. The Balaban J connectivity index is 1.21. The van der Waals surface area contributed by atoms with Crippen molar-refractivity contribution in [3.8, 4) is 11.5 Å². The predicted molar refractivity (Wildman–Crippen MR) is 145 cm³/mol. The van der Waals surface area contributed by atoms with Crippen molar-refractivity contribution in [2.24, 2.45) is 0 Å². The maximum atomic E-state index is 13.7. The zero-order chi connectivity index (χ0) is 24.8. The van der Waals surface area contributed by atoms with Crippen molar-refractivity contribution >= 4 is 28.6 Å². The Hall–Kier alpha value is -4.19. The molecule has 0 saturated carbocycles. The van der Waals surface area contributed by atoms with Crippen LogP contribution in [-0.4, -0.2) is 42.2 Å². The van der Waals surface area contributed by atoms with E-state index in [0.29, 0.717) is 6.54 Å². The number of para-hydroxylation sites is 1. The van der Waals surface area contributed by atoms with Gasteiger partial charge in [-0.1, -0.05) is 36.4 Å². The van der Waals surface area contributed by atoms with Gasteiger partial charge in [-0.2, -0.15) is 0 Å². The van der Waals surface area contributed by atoms with Crippen LogP contribution in [0.5, 0.6) is 11.5 Å². The molecule has 1 N–H and O–H groups in total. The average Bonchev–Trinajstić information content (AvgIpc) is 3.71. The smallest absolute Gasteiger partial charge is 0.247 e. The molecule has 6 nitrogen and oxygen atoms in total. The zero-order valence-corrected chi connectivity index (χ0v) is 20.7. The van der Waals surface area contributed by atoms with Gasteiger partial charge in [0, 0.05) is 48.0 Å². The zero-order valence-electron chi connectivity index (χ0n) is 20.7. The van der Waals surface area contributed by atoms with Gasteiger partial charge in [-0.05, 0) is 72.4 Å². The standard InChI is InChI=1S/C31H29N3O3/c35-29(14-9-21-7-11-23(12-8-21)33-16-3-4-17-33)34-18-15-25-24-5-1-2-6-26(24)32-30(25)31(34)22-10-13-27-28(19-22)37-20-36-27/h1-2,5-14,19,31-32H,3-4,15-18,20H2/b14-9+. The summed E-state index contributed by atoms with van der Waals surface area (Å²) in [4.78, 5) is 21.7. The minimum atomic E-state index is -0.236. The molecule has 37 heavy (non-hydrogen) atoms. The van der Waals surface area contributed by atoms with Gasteiger partial charge in [-0.25, -0.2) is 0 Å². The summed E-state index contributed by atoms with van der Waals surface area (Å²) in [5.74, 6) is 1.46. The monoisotopic (exact) mass is 491 g/mol. The highest BCUT2D eigenvalue weighted by Crippen LogP contribution is 2.42. The molecule has 3 aliphatic heterocycles. The number of hydrogen-bond acceptors (Lipinski definition) is 4. The fourth-order valence-corrected chi connectivity index (χ4v) is 5.94. The SMILES string of the molecule is O=C(/C=C/c1ccc(N2CCCC2)cc1)N1CCc2c([nH]c3ccccc23)C1c1ccc2c(c1)OCO2. The Labute approximate surface area is 216 Å². The molecular formula is C31H29N3O3. The van der Waals surface area contributed by atoms with E-state index in [-0.39, 0.29) is 18.7 Å². The molecule has 186 valence electrons. The molecule has 3 aliphatic rings. The molecule has 1 aromatic heterocycles. The van der Waals surface area contributed by atoms with Crippen molar-refractivity contribution in [3.05, 3.63) is 95.2 Å².